The number of carbonyl (C=O) groups excluding carboxylic acids is 1. The zero-order chi connectivity index (χ0) is 13.2. The molecule has 0 aromatic heterocycles. The van der Waals surface area contributed by atoms with Crippen LogP contribution in [0.5, 0.6) is 11.5 Å². The number of rotatable bonds is 3. The summed E-state index contributed by atoms with van der Waals surface area (Å²) in [5, 5.41) is 0. The first kappa shape index (κ1) is 12.5. The minimum absolute atomic E-state index is 0.0608. The van der Waals surface area contributed by atoms with Gasteiger partial charge >= 0.3 is 0 Å². The van der Waals surface area contributed by atoms with E-state index in [0.717, 1.165) is 12.2 Å². The van der Waals surface area contributed by atoms with Gasteiger partial charge < -0.3 is 9.47 Å². The first-order valence-corrected chi connectivity index (χ1v) is 7.24. The normalized spacial score (nSPS) is 25.8. The van der Waals surface area contributed by atoms with E-state index in [1.54, 1.807) is 0 Å². The van der Waals surface area contributed by atoms with Crippen molar-refractivity contribution < 1.29 is 14.3 Å². The Morgan fingerprint density at radius 3 is 3.00 bits per heavy atom. The number of ketones is 1. The highest BCUT2D eigenvalue weighted by atomic mass is 16.5. The van der Waals surface area contributed by atoms with Crippen LogP contribution in [-0.2, 0) is 0 Å². The zero-order valence-corrected chi connectivity index (χ0v) is 11.4. The Labute approximate surface area is 113 Å². The third-order valence-corrected chi connectivity index (χ3v) is 4.26. The van der Waals surface area contributed by atoms with E-state index in [1.165, 1.54) is 25.7 Å². The molecule has 19 heavy (non-hydrogen) atoms. The van der Waals surface area contributed by atoms with Gasteiger partial charge in [0.05, 0.1) is 5.56 Å². The van der Waals surface area contributed by atoms with Crippen LogP contribution in [0.4, 0.5) is 0 Å². The molecule has 1 aromatic rings. The fourth-order valence-electron chi connectivity index (χ4n) is 3.12. The number of fused-ring (bicyclic) bond motifs is 1. The van der Waals surface area contributed by atoms with Crippen LogP contribution in [0.1, 0.15) is 49.4 Å². The molecule has 1 heterocycles. The summed E-state index contributed by atoms with van der Waals surface area (Å²) >= 11 is 0. The van der Waals surface area contributed by atoms with Crippen molar-refractivity contribution in [2.24, 2.45) is 5.92 Å². The highest BCUT2D eigenvalue weighted by Crippen LogP contribution is 2.34. The molecule has 1 aliphatic carbocycles. The molecule has 102 valence electrons. The van der Waals surface area contributed by atoms with Gasteiger partial charge in [-0.25, -0.2) is 0 Å². The monoisotopic (exact) mass is 260 g/mol. The van der Waals surface area contributed by atoms with E-state index in [9.17, 15) is 4.79 Å². The van der Waals surface area contributed by atoms with Gasteiger partial charge in [-0.2, -0.15) is 0 Å². The van der Waals surface area contributed by atoms with E-state index in [-0.39, 0.29) is 12.4 Å². The van der Waals surface area contributed by atoms with Crippen molar-refractivity contribution in [3.8, 4) is 11.5 Å². The molecule has 0 radical (unpaired) electrons. The third-order valence-electron chi connectivity index (χ3n) is 4.26. The molecule has 0 bridgehead atoms. The summed E-state index contributed by atoms with van der Waals surface area (Å²) in [6.07, 6.45) is 6.45. The van der Waals surface area contributed by atoms with Crippen LogP contribution in [0.25, 0.3) is 0 Å². The second-order valence-electron chi connectivity index (χ2n) is 5.48. The molecule has 0 amide bonds. The quantitative estimate of drug-likeness (QED) is 0.832. The van der Waals surface area contributed by atoms with Crippen LogP contribution in [0, 0.1) is 5.92 Å². The summed E-state index contributed by atoms with van der Waals surface area (Å²) < 4.78 is 11.5. The van der Waals surface area contributed by atoms with Gasteiger partial charge in [-0.1, -0.05) is 13.3 Å². The molecule has 2 unspecified atom stereocenters. The fourth-order valence-corrected chi connectivity index (χ4v) is 3.12. The lowest BCUT2D eigenvalue weighted by molar-refractivity contribution is 0.0901. The van der Waals surface area contributed by atoms with E-state index in [0.29, 0.717) is 23.3 Å². The summed E-state index contributed by atoms with van der Waals surface area (Å²) in [6, 6.07) is 5.58. The van der Waals surface area contributed by atoms with E-state index in [4.69, 9.17) is 9.47 Å². The van der Waals surface area contributed by atoms with Crippen molar-refractivity contribution in [1.82, 2.24) is 0 Å². The number of benzene rings is 1. The predicted molar refractivity (Wildman–Crippen MR) is 72.9 cm³/mol. The molecule has 2 atom stereocenters. The number of Topliss-reactive ketones (excluding diaryl/α,β-unsaturated/α-hetero) is 1. The lowest BCUT2D eigenvalue weighted by atomic mass is 9.85. The molecule has 1 fully saturated rings. The number of ether oxygens (including phenoxy) is 2. The van der Waals surface area contributed by atoms with Crippen LogP contribution in [0.3, 0.4) is 0 Å². The summed E-state index contributed by atoms with van der Waals surface area (Å²) in [7, 11) is 0. The van der Waals surface area contributed by atoms with Crippen LogP contribution in [-0.4, -0.2) is 18.5 Å². The van der Waals surface area contributed by atoms with Crippen molar-refractivity contribution in [3.05, 3.63) is 23.8 Å². The Hall–Kier alpha value is -1.51. The molecule has 3 rings (SSSR count). The maximum Gasteiger partial charge on any atom is 0.203 e. The molecular weight excluding hydrogens is 240 g/mol. The van der Waals surface area contributed by atoms with Gasteiger partial charge in [-0.15, -0.1) is 0 Å². The van der Waals surface area contributed by atoms with Gasteiger partial charge in [0, 0.05) is 6.07 Å². The number of carbonyl (C=O) groups is 1. The lowest BCUT2D eigenvalue weighted by Gasteiger charge is -2.31. The molecule has 0 spiro atoms. The second kappa shape index (κ2) is 5.24. The van der Waals surface area contributed by atoms with Gasteiger partial charge in [0.15, 0.2) is 6.61 Å². The second-order valence-corrected chi connectivity index (χ2v) is 5.48. The Balaban J connectivity index is 1.74. The molecule has 3 heteroatoms. The van der Waals surface area contributed by atoms with E-state index >= 15 is 0 Å². The van der Waals surface area contributed by atoms with Gasteiger partial charge in [0.1, 0.15) is 17.6 Å². The molecule has 0 N–H and O–H groups in total. The van der Waals surface area contributed by atoms with Gasteiger partial charge in [-0.3, -0.25) is 4.79 Å². The number of hydrogen-bond acceptors (Lipinski definition) is 3. The highest BCUT2D eigenvalue weighted by molar-refractivity contribution is 6.02. The minimum atomic E-state index is 0.0608. The first-order chi connectivity index (χ1) is 9.28. The maximum absolute atomic E-state index is 11.5. The van der Waals surface area contributed by atoms with Crippen molar-refractivity contribution in [3.63, 3.8) is 0 Å². The molecular formula is C16H20O3. The SMILES string of the molecule is CCC1CCCCC1Oc1ccc2c(c1)OCC2=O. The Kier molecular flexibility index (Phi) is 3.45. The average Bonchev–Trinajstić information content (AvgIpc) is 2.81. The largest absolute Gasteiger partial charge is 0.490 e. The van der Waals surface area contributed by atoms with Gasteiger partial charge in [0.2, 0.25) is 5.78 Å². The Morgan fingerprint density at radius 2 is 2.16 bits per heavy atom. The standard InChI is InChI=1S/C16H20O3/c1-2-11-5-3-4-6-15(11)19-12-7-8-13-14(17)10-18-16(13)9-12/h7-9,11,15H,2-6,10H2,1H3. The van der Waals surface area contributed by atoms with Crippen LogP contribution in [0.2, 0.25) is 0 Å². The summed E-state index contributed by atoms with van der Waals surface area (Å²) in [5.41, 5.74) is 0.683. The lowest BCUT2D eigenvalue weighted by Crippen LogP contribution is -2.29. The predicted octanol–water partition coefficient (Wildman–Crippen LogP) is 3.61. The fraction of sp³-hybridized carbons (Fsp3) is 0.562. The summed E-state index contributed by atoms with van der Waals surface area (Å²) in [4.78, 5) is 11.5. The average molecular weight is 260 g/mol. The molecule has 1 aromatic carbocycles. The van der Waals surface area contributed by atoms with Crippen LogP contribution in [0.15, 0.2) is 18.2 Å². The van der Waals surface area contributed by atoms with Crippen LogP contribution < -0.4 is 9.47 Å². The van der Waals surface area contributed by atoms with Crippen molar-refractivity contribution in [1.29, 1.82) is 0 Å². The smallest absolute Gasteiger partial charge is 0.203 e. The van der Waals surface area contributed by atoms with E-state index in [1.807, 2.05) is 18.2 Å². The zero-order valence-electron chi connectivity index (χ0n) is 11.4. The van der Waals surface area contributed by atoms with Crippen LogP contribution >= 0.6 is 0 Å². The minimum Gasteiger partial charge on any atom is -0.490 e. The highest BCUT2D eigenvalue weighted by Gasteiger charge is 2.26. The van der Waals surface area contributed by atoms with E-state index in [2.05, 4.69) is 6.92 Å². The maximum atomic E-state index is 11.5. The topological polar surface area (TPSA) is 35.5 Å². The van der Waals surface area contributed by atoms with E-state index < -0.39 is 0 Å². The summed E-state index contributed by atoms with van der Waals surface area (Å²) in [6.45, 7) is 2.40. The van der Waals surface area contributed by atoms with Crippen molar-refractivity contribution in [2.45, 2.75) is 45.1 Å². The van der Waals surface area contributed by atoms with Gasteiger partial charge in [0.25, 0.3) is 0 Å². The first-order valence-electron chi connectivity index (χ1n) is 7.24. The number of hydrogen-bond donors (Lipinski definition) is 0. The molecule has 1 saturated carbocycles. The van der Waals surface area contributed by atoms with Gasteiger partial charge in [-0.05, 0) is 43.7 Å². The molecule has 1 aliphatic heterocycles. The Morgan fingerprint density at radius 1 is 1.32 bits per heavy atom. The van der Waals surface area contributed by atoms with Crippen molar-refractivity contribution >= 4 is 5.78 Å². The molecule has 2 aliphatic rings. The third kappa shape index (κ3) is 2.46. The summed E-state index contributed by atoms with van der Waals surface area (Å²) in [5.74, 6) is 2.22. The molecule has 0 saturated heterocycles. The Bertz CT molecular complexity index is 481. The molecule has 3 nitrogen and oxygen atoms in total. The van der Waals surface area contributed by atoms with Crippen molar-refractivity contribution in [2.75, 3.05) is 6.61 Å².